The van der Waals surface area contributed by atoms with Crippen molar-refractivity contribution in [2.24, 2.45) is 0 Å². The van der Waals surface area contributed by atoms with Crippen molar-refractivity contribution in [2.75, 3.05) is 14.2 Å². The number of fused-ring (bicyclic) bond motifs is 3. The molecule has 2 aliphatic rings. The molecule has 0 spiro atoms. The summed E-state index contributed by atoms with van der Waals surface area (Å²) in [4.78, 5) is 29.5. The van der Waals surface area contributed by atoms with E-state index in [1.54, 1.807) is 19.1 Å². The second-order valence-corrected chi connectivity index (χ2v) is 9.86. The first-order valence-corrected chi connectivity index (χ1v) is 12.4. The Labute approximate surface area is 206 Å². The molecular formula is C28H33N3O4. The molecule has 7 heteroatoms. The zero-order valence-electron chi connectivity index (χ0n) is 20.7. The predicted molar refractivity (Wildman–Crippen MR) is 135 cm³/mol. The van der Waals surface area contributed by atoms with Crippen LogP contribution in [0.15, 0.2) is 48.5 Å². The molecule has 3 aromatic rings. The van der Waals surface area contributed by atoms with E-state index in [4.69, 9.17) is 9.47 Å². The summed E-state index contributed by atoms with van der Waals surface area (Å²) in [7, 11) is 3.26. The number of ether oxygens (including phenoxy) is 2. The molecular weight excluding hydrogens is 442 g/mol. The van der Waals surface area contributed by atoms with Gasteiger partial charge in [-0.1, -0.05) is 31.4 Å². The van der Waals surface area contributed by atoms with Crippen LogP contribution in [0.2, 0.25) is 0 Å². The van der Waals surface area contributed by atoms with Crippen LogP contribution < -0.4 is 14.8 Å². The Morgan fingerprint density at radius 1 is 1.00 bits per heavy atom. The summed E-state index contributed by atoms with van der Waals surface area (Å²) >= 11 is 0. The highest BCUT2D eigenvalue weighted by atomic mass is 16.5. The second kappa shape index (κ2) is 9.29. The third kappa shape index (κ3) is 4.24. The summed E-state index contributed by atoms with van der Waals surface area (Å²) in [6.45, 7) is 2.60. The molecule has 2 heterocycles. The molecule has 0 unspecified atom stereocenters. The number of hydrogen-bond donors (Lipinski definition) is 1. The van der Waals surface area contributed by atoms with Crippen LogP contribution in [0.25, 0.3) is 10.9 Å². The Morgan fingerprint density at radius 3 is 2.37 bits per heavy atom. The van der Waals surface area contributed by atoms with Crippen LogP contribution in [0.4, 0.5) is 0 Å². The van der Waals surface area contributed by atoms with Crippen molar-refractivity contribution in [1.29, 1.82) is 0 Å². The Balaban J connectivity index is 1.55. The molecule has 7 nitrogen and oxygen atoms in total. The topological polar surface area (TPSA) is 72.8 Å². The number of amides is 2. The second-order valence-electron chi connectivity index (χ2n) is 9.86. The monoisotopic (exact) mass is 475 g/mol. The number of carbonyl (C=O) groups excluding carboxylic acids is 2. The first-order chi connectivity index (χ1) is 16.9. The van der Waals surface area contributed by atoms with Crippen LogP contribution >= 0.6 is 0 Å². The van der Waals surface area contributed by atoms with E-state index in [1.807, 2.05) is 60.0 Å². The summed E-state index contributed by atoms with van der Waals surface area (Å²) in [6.07, 6.45) is 5.45. The van der Waals surface area contributed by atoms with E-state index >= 15 is 0 Å². The maximum Gasteiger partial charge on any atom is 0.271 e. The number of nitrogens with one attached hydrogen (secondary N) is 1. The van der Waals surface area contributed by atoms with Crippen molar-refractivity contribution in [1.82, 2.24) is 14.8 Å². The number of rotatable bonds is 6. The zero-order chi connectivity index (χ0) is 24.6. The van der Waals surface area contributed by atoms with Crippen LogP contribution in [0.3, 0.4) is 0 Å². The minimum atomic E-state index is -1.05. The molecule has 1 saturated carbocycles. The van der Waals surface area contributed by atoms with Gasteiger partial charge in [-0.2, -0.15) is 0 Å². The van der Waals surface area contributed by atoms with Gasteiger partial charge in [-0.3, -0.25) is 9.59 Å². The molecule has 0 saturated heterocycles. The predicted octanol–water partition coefficient (Wildman–Crippen LogP) is 4.52. The molecule has 184 valence electrons. The number of carbonyl (C=O) groups is 2. The van der Waals surface area contributed by atoms with E-state index < -0.39 is 5.54 Å². The van der Waals surface area contributed by atoms with Gasteiger partial charge >= 0.3 is 0 Å². The Morgan fingerprint density at radius 2 is 1.69 bits per heavy atom. The lowest BCUT2D eigenvalue weighted by molar-refractivity contribution is -0.134. The van der Waals surface area contributed by atoms with Gasteiger partial charge in [-0.05, 0) is 55.7 Å². The lowest BCUT2D eigenvalue weighted by Gasteiger charge is -2.45. The lowest BCUT2D eigenvalue weighted by Crippen LogP contribution is -2.64. The molecule has 1 aromatic heterocycles. The van der Waals surface area contributed by atoms with Gasteiger partial charge in [-0.25, -0.2) is 0 Å². The molecule has 0 bridgehead atoms. The van der Waals surface area contributed by atoms with Gasteiger partial charge < -0.3 is 24.3 Å². The lowest BCUT2D eigenvalue weighted by atomic mass is 9.91. The molecule has 2 amide bonds. The third-order valence-corrected chi connectivity index (χ3v) is 7.57. The van der Waals surface area contributed by atoms with Gasteiger partial charge in [0.15, 0.2) is 0 Å². The molecule has 1 aliphatic heterocycles. The van der Waals surface area contributed by atoms with Crippen molar-refractivity contribution in [2.45, 2.75) is 63.7 Å². The normalized spacial score (nSPS) is 20.5. The number of benzene rings is 2. The standard InChI is InChI=1S/C28H33N3O4/c1-28(27(33)29-21-7-5-4-6-8-21)18-30-24-16-23(35-3)14-11-20(24)15-25(30)26(32)31(28)17-19-9-12-22(34-2)13-10-19/h9-16,21H,4-8,17-18H2,1-3H3,(H,29,33)/t28-/m1/s1. The van der Waals surface area contributed by atoms with Gasteiger partial charge in [0.1, 0.15) is 22.7 Å². The molecule has 5 rings (SSSR count). The maximum atomic E-state index is 13.9. The average Bonchev–Trinajstić information content (AvgIpc) is 3.25. The maximum absolute atomic E-state index is 13.9. The van der Waals surface area contributed by atoms with Gasteiger partial charge in [0.05, 0.1) is 26.3 Å². The molecule has 1 N–H and O–H groups in total. The van der Waals surface area contributed by atoms with Crippen molar-refractivity contribution in [3.8, 4) is 11.5 Å². The fourth-order valence-electron chi connectivity index (χ4n) is 5.41. The highest BCUT2D eigenvalue weighted by Crippen LogP contribution is 2.35. The Bertz CT molecular complexity index is 1240. The summed E-state index contributed by atoms with van der Waals surface area (Å²) in [6, 6.07) is 15.5. The first-order valence-electron chi connectivity index (χ1n) is 12.4. The van der Waals surface area contributed by atoms with E-state index in [1.165, 1.54) is 6.42 Å². The molecule has 1 fully saturated rings. The minimum absolute atomic E-state index is 0.0957. The number of nitrogens with zero attached hydrogens (tertiary/aromatic N) is 2. The van der Waals surface area contributed by atoms with Crippen molar-refractivity contribution in [3.05, 3.63) is 59.8 Å². The summed E-state index contributed by atoms with van der Waals surface area (Å²) in [5, 5.41) is 4.24. The molecule has 1 atom stereocenters. The van der Waals surface area contributed by atoms with E-state index in [0.29, 0.717) is 18.8 Å². The highest BCUT2D eigenvalue weighted by Gasteiger charge is 2.48. The quantitative estimate of drug-likeness (QED) is 0.569. The van der Waals surface area contributed by atoms with Crippen molar-refractivity contribution in [3.63, 3.8) is 0 Å². The summed E-state index contributed by atoms with van der Waals surface area (Å²) in [5.41, 5.74) is 1.39. The SMILES string of the molecule is COc1ccc(CN2C(=O)c3cc4ccc(OC)cc4n3C[C@]2(C)C(=O)NC2CCCCC2)cc1. The smallest absolute Gasteiger partial charge is 0.271 e. The van der Waals surface area contributed by atoms with Crippen LogP contribution in [0, 0.1) is 0 Å². The first kappa shape index (κ1) is 23.3. The molecule has 1 aliphatic carbocycles. The van der Waals surface area contributed by atoms with Crippen molar-refractivity contribution < 1.29 is 19.1 Å². The average molecular weight is 476 g/mol. The van der Waals surface area contributed by atoms with Gasteiger partial charge in [-0.15, -0.1) is 0 Å². The van der Waals surface area contributed by atoms with E-state index in [0.717, 1.165) is 53.6 Å². The van der Waals surface area contributed by atoms with Gasteiger partial charge in [0.25, 0.3) is 5.91 Å². The number of aromatic nitrogens is 1. The Kier molecular flexibility index (Phi) is 6.17. The van der Waals surface area contributed by atoms with Gasteiger partial charge in [0, 0.05) is 24.0 Å². The fraction of sp³-hybridized carbons (Fsp3) is 0.429. The third-order valence-electron chi connectivity index (χ3n) is 7.57. The van der Waals surface area contributed by atoms with E-state index in [2.05, 4.69) is 5.32 Å². The van der Waals surface area contributed by atoms with Crippen molar-refractivity contribution >= 4 is 22.7 Å². The van der Waals surface area contributed by atoms with Crippen LogP contribution in [0.1, 0.15) is 55.1 Å². The highest BCUT2D eigenvalue weighted by molar-refractivity contribution is 6.03. The molecule has 2 aromatic carbocycles. The number of methoxy groups -OCH3 is 2. The van der Waals surface area contributed by atoms with Gasteiger partial charge in [0.2, 0.25) is 5.91 Å². The Hall–Kier alpha value is -3.48. The van der Waals surface area contributed by atoms with E-state index in [-0.39, 0.29) is 17.9 Å². The molecule has 0 radical (unpaired) electrons. The number of hydrogen-bond acceptors (Lipinski definition) is 4. The fourth-order valence-corrected chi connectivity index (χ4v) is 5.41. The van der Waals surface area contributed by atoms with E-state index in [9.17, 15) is 9.59 Å². The summed E-state index contributed by atoms with van der Waals surface area (Å²) < 4.78 is 12.7. The summed E-state index contributed by atoms with van der Waals surface area (Å²) in [5.74, 6) is 1.23. The van der Waals surface area contributed by atoms with Crippen LogP contribution in [-0.2, 0) is 17.9 Å². The van der Waals surface area contributed by atoms with Crippen LogP contribution in [-0.4, -0.2) is 47.1 Å². The largest absolute Gasteiger partial charge is 0.497 e. The minimum Gasteiger partial charge on any atom is -0.497 e. The zero-order valence-corrected chi connectivity index (χ0v) is 20.7. The molecule has 35 heavy (non-hydrogen) atoms. The van der Waals surface area contributed by atoms with Crippen LogP contribution in [0.5, 0.6) is 11.5 Å².